The van der Waals surface area contributed by atoms with Crippen LogP contribution in [0.2, 0.25) is 0 Å². The number of carboxylic acid groups (broad SMARTS) is 1. The molecule has 1 aromatic heterocycles. The summed E-state index contributed by atoms with van der Waals surface area (Å²) in [7, 11) is -4.19. The summed E-state index contributed by atoms with van der Waals surface area (Å²) in [6.07, 6.45) is 2.23. The Balaban J connectivity index is 3.19. The molecule has 9 nitrogen and oxygen atoms in total. The molecule has 0 aromatic carbocycles. The summed E-state index contributed by atoms with van der Waals surface area (Å²) in [5, 5.41) is 20.3. The van der Waals surface area contributed by atoms with Crippen molar-refractivity contribution in [2.75, 3.05) is 13.1 Å². The standard InChI is InChI=1S/C13H16N4O5S/c1-9(13(19)20)17(4-3-16-10(2)18)23(21,22)12-5-11(6-14)7-15-8-12/h5,7-9H,3-4H2,1-2H3,(H,16,18)(H,19,20). The lowest BCUT2D eigenvalue weighted by Crippen LogP contribution is -2.46. The summed E-state index contributed by atoms with van der Waals surface area (Å²) in [5.41, 5.74) is 0.0378. The minimum atomic E-state index is -4.19. The van der Waals surface area contributed by atoms with Crippen molar-refractivity contribution in [2.45, 2.75) is 24.8 Å². The van der Waals surface area contributed by atoms with E-state index in [2.05, 4.69) is 10.3 Å². The SMILES string of the molecule is CC(=O)NCCN(C(C)C(=O)O)S(=O)(=O)c1cncc(C#N)c1. The van der Waals surface area contributed by atoms with Crippen LogP contribution in [0.3, 0.4) is 0 Å². The number of amides is 1. The van der Waals surface area contributed by atoms with Crippen molar-refractivity contribution in [1.82, 2.24) is 14.6 Å². The molecule has 0 bridgehead atoms. The van der Waals surface area contributed by atoms with E-state index in [4.69, 9.17) is 10.4 Å². The first-order valence-electron chi connectivity index (χ1n) is 6.54. The minimum Gasteiger partial charge on any atom is -0.480 e. The number of sulfonamides is 1. The van der Waals surface area contributed by atoms with Gasteiger partial charge in [0.15, 0.2) is 0 Å². The summed E-state index contributed by atoms with van der Waals surface area (Å²) in [4.78, 5) is 25.5. The van der Waals surface area contributed by atoms with Crippen LogP contribution in [0.5, 0.6) is 0 Å². The molecule has 23 heavy (non-hydrogen) atoms. The number of hydrogen-bond acceptors (Lipinski definition) is 6. The van der Waals surface area contributed by atoms with Crippen molar-refractivity contribution in [3.63, 3.8) is 0 Å². The van der Waals surface area contributed by atoms with Crippen LogP contribution in [0.1, 0.15) is 19.4 Å². The Labute approximate surface area is 133 Å². The fourth-order valence-corrected chi connectivity index (χ4v) is 3.32. The van der Waals surface area contributed by atoms with Gasteiger partial charge in [-0.3, -0.25) is 14.6 Å². The highest BCUT2D eigenvalue weighted by atomic mass is 32.2. The lowest BCUT2D eigenvalue weighted by Gasteiger charge is -2.25. The Hall–Kier alpha value is -2.51. The minimum absolute atomic E-state index is 0.0378. The Morgan fingerprint density at radius 1 is 1.48 bits per heavy atom. The number of rotatable bonds is 7. The first-order chi connectivity index (χ1) is 10.7. The molecule has 0 aliphatic rings. The average Bonchev–Trinajstić information content (AvgIpc) is 2.50. The fraction of sp³-hybridized carbons (Fsp3) is 0.385. The number of carbonyl (C=O) groups excluding carboxylic acids is 1. The quantitative estimate of drug-likeness (QED) is 0.685. The molecule has 1 amide bonds. The average molecular weight is 340 g/mol. The van der Waals surface area contributed by atoms with Crippen LogP contribution in [0.4, 0.5) is 0 Å². The van der Waals surface area contributed by atoms with Crippen molar-refractivity contribution < 1.29 is 23.1 Å². The number of pyridine rings is 1. The molecule has 0 spiro atoms. The molecular weight excluding hydrogens is 324 g/mol. The third-order valence-corrected chi connectivity index (χ3v) is 4.88. The highest BCUT2D eigenvalue weighted by Crippen LogP contribution is 2.18. The second-order valence-electron chi connectivity index (χ2n) is 4.63. The van der Waals surface area contributed by atoms with Crippen LogP contribution in [0.25, 0.3) is 0 Å². The molecule has 0 radical (unpaired) electrons. The van der Waals surface area contributed by atoms with Crippen molar-refractivity contribution >= 4 is 21.9 Å². The largest absolute Gasteiger partial charge is 0.480 e. The highest BCUT2D eigenvalue weighted by molar-refractivity contribution is 7.89. The summed E-state index contributed by atoms with van der Waals surface area (Å²) in [6, 6.07) is 1.54. The number of carboxylic acids is 1. The molecule has 10 heteroatoms. The third-order valence-electron chi connectivity index (χ3n) is 2.94. The van der Waals surface area contributed by atoms with Gasteiger partial charge in [-0.05, 0) is 13.0 Å². The monoisotopic (exact) mass is 340 g/mol. The smallest absolute Gasteiger partial charge is 0.321 e. The van der Waals surface area contributed by atoms with Crippen molar-refractivity contribution in [3.8, 4) is 6.07 Å². The maximum Gasteiger partial charge on any atom is 0.321 e. The maximum absolute atomic E-state index is 12.6. The van der Waals surface area contributed by atoms with Gasteiger partial charge < -0.3 is 10.4 Å². The molecule has 1 unspecified atom stereocenters. The number of aromatic nitrogens is 1. The predicted molar refractivity (Wildman–Crippen MR) is 78.6 cm³/mol. The molecule has 2 N–H and O–H groups in total. The number of hydrogen-bond donors (Lipinski definition) is 2. The van der Waals surface area contributed by atoms with Gasteiger partial charge in [0.2, 0.25) is 15.9 Å². The van der Waals surface area contributed by atoms with E-state index in [0.29, 0.717) is 0 Å². The number of nitrogens with zero attached hydrogens (tertiary/aromatic N) is 3. The third kappa shape index (κ3) is 4.73. The Bertz CT molecular complexity index is 741. The van der Waals surface area contributed by atoms with Crippen LogP contribution >= 0.6 is 0 Å². The van der Waals surface area contributed by atoms with Crippen LogP contribution in [0, 0.1) is 11.3 Å². The summed E-state index contributed by atoms with van der Waals surface area (Å²) in [5.74, 6) is -1.70. The number of nitriles is 1. The predicted octanol–water partition coefficient (Wildman–Crippen LogP) is -0.447. The number of aliphatic carboxylic acids is 1. The summed E-state index contributed by atoms with van der Waals surface area (Å²) < 4.78 is 26.0. The van der Waals surface area contributed by atoms with Gasteiger partial charge >= 0.3 is 5.97 Å². The first-order valence-corrected chi connectivity index (χ1v) is 7.98. The lowest BCUT2D eigenvalue weighted by molar-refractivity contribution is -0.140. The van der Waals surface area contributed by atoms with Gasteiger partial charge in [0.05, 0.1) is 5.56 Å². The molecule has 0 saturated carbocycles. The van der Waals surface area contributed by atoms with E-state index in [1.807, 2.05) is 0 Å². The van der Waals surface area contributed by atoms with Gasteiger partial charge in [-0.15, -0.1) is 0 Å². The van der Waals surface area contributed by atoms with Crippen LogP contribution < -0.4 is 5.32 Å². The number of nitrogens with one attached hydrogen (secondary N) is 1. The van der Waals surface area contributed by atoms with E-state index in [9.17, 15) is 18.0 Å². The molecular formula is C13H16N4O5S. The second-order valence-corrected chi connectivity index (χ2v) is 6.52. The van der Waals surface area contributed by atoms with E-state index < -0.39 is 22.0 Å². The molecule has 124 valence electrons. The van der Waals surface area contributed by atoms with Crippen LogP contribution in [0.15, 0.2) is 23.4 Å². The van der Waals surface area contributed by atoms with E-state index in [1.54, 1.807) is 6.07 Å². The Kier molecular flexibility index (Phi) is 6.18. The van der Waals surface area contributed by atoms with Crippen molar-refractivity contribution in [3.05, 3.63) is 24.0 Å². The van der Waals surface area contributed by atoms with Crippen LogP contribution in [-0.2, 0) is 19.6 Å². The Morgan fingerprint density at radius 2 is 2.13 bits per heavy atom. The van der Waals surface area contributed by atoms with E-state index >= 15 is 0 Å². The normalized spacial score (nSPS) is 12.4. The molecule has 1 atom stereocenters. The zero-order valence-corrected chi connectivity index (χ0v) is 13.4. The zero-order chi connectivity index (χ0) is 17.6. The van der Waals surface area contributed by atoms with E-state index in [-0.39, 0.29) is 29.5 Å². The zero-order valence-electron chi connectivity index (χ0n) is 12.6. The fourth-order valence-electron chi connectivity index (χ4n) is 1.74. The molecule has 1 rings (SSSR count). The van der Waals surface area contributed by atoms with Gasteiger partial charge in [0.1, 0.15) is 17.0 Å². The van der Waals surface area contributed by atoms with Gasteiger partial charge in [-0.2, -0.15) is 9.57 Å². The molecule has 0 aliphatic heterocycles. The Morgan fingerprint density at radius 3 is 2.65 bits per heavy atom. The second kappa shape index (κ2) is 7.66. The van der Waals surface area contributed by atoms with E-state index in [1.165, 1.54) is 20.0 Å². The maximum atomic E-state index is 12.6. The molecule has 0 saturated heterocycles. The van der Waals surface area contributed by atoms with Gasteiger partial charge in [0.25, 0.3) is 0 Å². The topological polar surface area (TPSA) is 140 Å². The highest BCUT2D eigenvalue weighted by Gasteiger charge is 2.33. The lowest BCUT2D eigenvalue weighted by atomic mass is 10.3. The first kappa shape index (κ1) is 18.5. The molecule has 1 aromatic rings. The number of carbonyl (C=O) groups is 2. The summed E-state index contributed by atoms with van der Waals surface area (Å²) in [6.45, 7) is 2.21. The summed E-state index contributed by atoms with van der Waals surface area (Å²) >= 11 is 0. The van der Waals surface area contributed by atoms with Crippen molar-refractivity contribution in [1.29, 1.82) is 5.26 Å². The van der Waals surface area contributed by atoms with Crippen molar-refractivity contribution in [2.24, 2.45) is 0 Å². The van der Waals surface area contributed by atoms with Gasteiger partial charge in [-0.1, -0.05) is 0 Å². The molecule has 0 aliphatic carbocycles. The van der Waals surface area contributed by atoms with E-state index in [0.717, 1.165) is 16.6 Å². The van der Waals surface area contributed by atoms with Gasteiger partial charge in [0, 0.05) is 32.4 Å². The van der Waals surface area contributed by atoms with Gasteiger partial charge in [-0.25, -0.2) is 8.42 Å². The van der Waals surface area contributed by atoms with Crippen LogP contribution in [-0.4, -0.2) is 53.8 Å². The molecule has 1 heterocycles. The molecule has 0 fully saturated rings.